The van der Waals surface area contributed by atoms with Crippen LogP contribution in [-0.2, 0) is 30.3 Å². The summed E-state index contributed by atoms with van der Waals surface area (Å²) in [6.45, 7) is 3.04. The standard InChI is InChI=1S/C31H30N4O8/c1-19-27(30(37)38)29(23-5-3-6-24(18-23)35(40)41)28(20(2)34-19)31(39)43-16-4-15-42-26(36)12-11-21-7-9-22(10-8-21)17-25-32-13-14-33-25/h3,5-14,18,29,34H,4,15-17H2,1-2H3,(H,32,33)(H,37,38). The second-order valence-corrected chi connectivity index (χ2v) is 9.74. The Morgan fingerprint density at radius 2 is 1.77 bits per heavy atom. The predicted molar refractivity (Wildman–Crippen MR) is 155 cm³/mol. The first-order valence-corrected chi connectivity index (χ1v) is 13.4. The number of esters is 2. The molecule has 12 nitrogen and oxygen atoms in total. The molecule has 1 atom stereocenters. The lowest BCUT2D eigenvalue weighted by Gasteiger charge is -2.29. The molecule has 0 fully saturated rings. The highest BCUT2D eigenvalue weighted by atomic mass is 16.6. The van der Waals surface area contributed by atoms with Crippen LogP contribution in [0.2, 0.25) is 0 Å². The third-order valence-electron chi connectivity index (χ3n) is 6.71. The molecule has 0 amide bonds. The van der Waals surface area contributed by atoms with Crippen molar-refractivity contribution in [3.63, 3.8) is 0 Å². The first-order chi connectivity index (χ1) is 20.6. The number of rotatable bonds is 12. The number of non-ortho nitro benzene ring substituents is 1. The third kappa shape index (κ3) is 7.82. The van der Waals surface area contributed by atoms with Gasteiger partial charge >= 0.3 is 17.9 Å². The van der Waals surface area contributed by atoms with Gasteiger partial charge in [0.2, 0.25) is 0 Å². The molecule has 0 radical (unpaired) electrons. The zero-order chi connectivity index (χ0) is 30.9. The lowest BCUT2D eigenvalue weighted by Crippen LogP contribution is -2.32. The maximum Gasteiger partial charge on any atom is 0.336 e. The number of nitrogens with one attached hydrogen (secondary N) is 2. The first-order valence-electron chi connectivity index (χ1n) is 13.4. The number of H-pyrrole nitrogens is 1. The number of nitro benzene ring substituents is 1. The SMILES string of the molecule is CC1=C(C(=O)O)C(c2cccc([N+](=O)[O-])c2)C(C(=O)OCCCOC(=O)C=Cc2ccc(Cc3ncc[nH]3)cc2)=C(C)N1. The highest BCUT2D eigenvalue weighted by molar-refractivity contribution is 5.99. The van der Waals surface area contributed by atoms with Crippen LogP contribution in [0.4, 0.5) is 5.69 Å². The third-order valence-corrected chi connectivity index (χ3v) is 6.71. The van der Waals surface area contributed by atoms with Gasteiger partial charge in [0.05, 0.1) is 35.2 Å². The zero-order valence-electron chi connectivity index (χ0n) is 23.5. The van der Waals surface area contributed by atoms with E-state index >= 15 is 0 Å². The lowest BCUT2D eigenvalue weighted by atomic mass is 9.80. The Morgan fingerprint density at radius 1 is 1.05 bits per heavy atom. The van der Waals surface area contributed by atoms with Crippen LogP contribution in [0.15, 0.2) is 89.5 Å². The quantitative estimate of drug-likeness (QED) is 0.0906. The van der Waals surface area contributed by atoms with Crippen LogP contribution in [0.3, 0.4) is 0 Å². The van der Waals surface area contributed by atoms with E-state index in [-0.39, 0.29) is 42.0 Å². The van der Waals surface area contributed by atoms with E-state index < -0.39 is 28.7 Å². The fraction of sp³-hybridized carbons (Fsp3) is 0.226. The van der Waals surface area contributed by atoms with Gasteiger partial charge in [-0.1, -0.05) is 36.4 Å². The van der Waals surface area contributed by atoms with Crippen molar-refractivity contribution in [1.82, 2.24) is 15.3 Å². The van der Waals surface area contributed by atoms with Crippen molar-refractivity contribution in [1.29, 1.82) is 0 Å². The van der Waals surface area contributed by atoms with E-state index in [2.05, 4.69) is 15.3 Å². The molecule has 0 bridgehead atoms. The minimum atomic E-state index is -1.27. The monoisotopic (exact) mass is 586 g/mol. The highest BCUT2D eigenvalue weighted by Crippen LogP contribution is 2.39. The van der Waals surface area contributed by atoms with E-state index in [0.717, 1.165) is 17.0 Å². The summed E-state index contributed by atoms with van der Waals surface area (Å²) in [7, 11) is 0. The number of aromatic amines is 1. The molecule has 1 aliphatic heterocycles. The van der Waals surface area contributed by atoms with Gasteiger partial charge in [0.25, 0.3) is 5.69 Å². The minimum Gasteiger partial charge on any atom is -0.478 e. The summed E-state index contributed by atoms with van der Waals surface area (Å²) in [5, 5.41) is 24.2. The summed E-state index contributed by atoms with van der Waals surface area (Å²) < 4.78 is 10.6. The number of hydrogen-bond acceptors (Lipinski definition) is 9. The molecule has 0 saturated heterocycles. The normalized spacial score (nSPS) is 14.9. The number of carboxylic acids is 1. The number of nitrogens with zero attached hydrogens (tertiary/aromatic N) is 2. The van der Waals surface area contributed by atoms with E-state index in [1.54, 1.807) is 32.3 Å². The Bertz CT molecular complexity index is 1600. The van der Waals surface area contributed by atoms with Crippen molar-refractivity contribution in [2.75, 3.05) is 13.2 Å². The lowest BCUT2D eigenvalue weighted by molar-refractivity contribution is -0.384. The van der Waals surface area contributed by atoms with Gasteiger partial charge in [-0.2, -0.15) is 0 Å². The molecule has 0 spiro atoms. The van der Waals surface area contributed by atoms with E-state index in [0.29, 0.717) is 17.8 Å². The number of benzene rings is 2. The minimum absolute atomic E-state index is 0.0114. The van der Waals surface area contributed by atoms with Gasteiger partial charge in [0, 0.05) is 54.8 Å². The summed E-state index contributed by atoms with van der Waals surface area (Å²) in [5.41, 5.74) is 2.51. The van der Waals surface area contributed by atoms with E-state index in [4.69, 9.17) is 9.47 Å². The molecular formula is C31H30N4O8. The number of carbonyl (C=O) groups is 3. The molecule has 1 aliphatic rings. The molecule has 1 aromatic heterocycles. The fourth-order valence-electron chi connectivity index (χ4n) is 4.72. The van der Waals surface area contributed by atoms with Crippen molar-refractivity contribution in [3.05, 3.63) is 122 Å². The molecule has 1 unspecified atom stereocenters. The molecule has 3 aromatic rings. The molecule has 4 rings (SSSR count). The predicted octanol–water partition coefficient (Wildman–Crippen LogP) is 4.42. The van der Waals surface area contributed by atoms with Gasteiger partial charge in [-0.3, -0.25) is 10.1 Å². The molecule has 12 heteroatoms. The number of carbonyl (C=O) groups excluding carboxylic acids is 2. The summed E-state index contributed by atoms with van der Waals surface area (Å²) in [4.78, 5) is 55.5. The average Bonchev–Trinajstić information content (AvgIpc) is 3.49. The van der Waals surface area contributed by atoms with E-state index in [1.807, 2.05) is 24.3 Å². The second kappa shape index (κ2) is 13.9. The summed E-state index contributed by atoms with van der Waals surface area (Å²) in [5.74, 6) is -2.84. The van der Waals surface area contributed by atoms with Gasteiger partial charge in [-0.05, 0) is 36.6 Å². The van der Waals surface area contributed by atoms with Crippen molar-refractivity contribution < 1.29 is 33.9 Å². The summed E-state index contributed by atoms with van der Waals surface area (Å²) >= 11 is 0. The number of dihydropyridines is 1. The molecule has 2 aromatic carbocycles. The van der Waals surface area contributed by atoms with Crippen LogP contribution in [0.1, 0.15) is 48.7 Å². The molecule has 0 aliphatic carbocycles. The molecule has 0 saturated carbocycles. The van der Waals surface area contributed by atoms with Crippen molar-refractivity contribution in [2.24, 2.45) is 0 Å². The number of aromatic nitrogens is 2. The second-order valence-electron chi connectivity index (χ2n) is 9.74. The molecule has 43 heavy (non-hydrogen) atoms. The number of ether oxygens (including phenoxy) is 2. The topological polar surface area (TPSA) is 174 Å². The smallest absolute Gasteiger partial charge is 0.336 e. The Kier molecular flexibility index (Phi) is 9.84. The molecule has 222 valence electrons. The number of imidazole rings is 1. The van der Waals surface area contributed by atoms with Crippen LogP contribution >= 0.6 is 0 Å². The van der Waals surface area contributed by atoms with Crippen molar-refractivity contribution >= 4 is 29.7 Å². The van der Waals surface area contributed by atoms with Crippen LogP contribution in [-0.4, -0.2) is 51.1 Å². The average molecular weight is 587 g/mol. The maximum absolute atomic E-state index is 13.2. The number of allylic oxidation sites excluding steroid dienone is 2. The Labute approximate surface area is 246 Å². The fourth-order valence-corrected chi connectivity index (χ4v) is 4.72. The van der Waals surface area contributed by atoms with Crippen LogP contribution in [0, 0.1) is 10.1 Å². The first kappa shape index (κ1) is 30.4. The van der Waals surface area contributed by atoms with Gasteiger partial charge in [0.15, 0.2) is 0 Å². The molecular weight excluding hydrogens is 556 g/mol. The van der Waals surface area contributed by atoms with Gasteiger partial charge in [-0.15, -0.1) is 0 Å². The number of carboxylic acid groups (broad SMARTS) is 1. The van der Waals surface area contributed by atoms with Crippen LogP contribution < -0.4 is 5.32 Å². The van der Waals surface area contributed by atoms with Crippen LogP contribution in [0.25, 0.3) is 6.08 Å². The number of aliphatic carboxylic acids is 1. The largest absolute Gasteiger partial charge is 0.478 e. The summed E-state index contributed by atoms with van der Waals surface area (Å²) in [6.07, 6.45) is 7.28. The summed E-state index contributed by atoms with van der Waals surface area (Å²) in [6, 6.07) is 13.1. The number of hydrogen-bond donors (Lipinski definition) is 3. The Balaban J connectivity index is 1.31. The molecule has 3 N–H and O–H groups in total. The zero-order valence-corrected chi connectivity index (χ0v) is 23.5. The van der Waals surface area contributed by atoms with E-state index in [9.17, 15) is 29.6 Å². The molecule has 2 heterocycles. The maximum atomic E-state index is 13.2. The van der Waals surface area contributed by atoms with Gasteiger partial charge in [0.1, 0.15) is 5.82 Å². The van der Waals surface area contributed by atoms with Gasteiger partial charge in [-0.25, -0.2) is 19.4 Å². The highest BCUT2D eigenvalue weighted by Gasteiger charge is 2.37. The van der Waals surface area contributed by atoms with Gasteiger partial charge < -0.3 is 24.9 Å². The van der Waals surface area contributed by atoms with Crippen molar-refractivity contribution in [3.8, 4) is 0 Å². The van der Waals surface area contributed by atoms with Crippen LogP contribution in [0.5, 0.6) is 0 Å². The Hall–Kier alpha value is -5.52. The van der Waals surface area contributed by atoms with Crippen molar-refractivity contribution in [2.45, 2.75) is 32.6 Å². The Morgan fingerprint density at radius 3 is 2.44 bits per heavy atom. The number of nitro groups is 1. The van der Waals surface area contributed by atoms with E-state index in [1.165, 1.54) is 30.3 Å².